The van der Waals surface area contributed by atoms with Crippen molar-refractivity contribution < 1.29 is 13.9 Å². The van der Waals surface area contributed by atoms with Gasteiger partial charge in [0.1, 0.15) is 5.82 Å². The Morgan fingerprint density at radius 1 is 1.58 bits per heavy atom. The maximum Gasteiger partial charge on any atom is 0.253 e. The van der Waals surface area contributed by atoms with Gasteiger partial charge in [0.15, 0.2) is 0 Å². The fourth-order valence-electron chi connectivity index (χ4n) is 2.42. The average molecular weight is 266 g/mol. The minimum Gasteiger partial charge on any atom is -0.398 e. The molecule has 0 aliphatic carbocycles. The first-order valence-electron chi connectivity index (χ1n) is 6.56. The van der Waals surface area contributed by atoms with Gasteiger partial charge < -0.3 is 15.8 Å². The Bertz CT molecular complexity index is 465. The third-order valence-corrected chi connectivity index (χ3v) is 3.53. The van der Waals surface area contributed by atoms with Crippen LogP contribution >= 0.6 is 0 Å². The van der Waals surface area contributed by atoms with E-state index < -0.39 is 5.82 Å². The minimum atomic E-state index is -0.463. The van der Waals surface area contributed by atoms with Crippen molar-refractivity contribution >= 4 is 11.6 Å². The van der Waals surface area contributed by atoms with E-state index >= 15 is 0 Å². The van der Waals surface area contributed by atoms with E-state index in [0.717, 1.165) is 25.5 Å². The van der Waals surface area contributed by atoms with Crippen molar-refractivity contribution in [3.8, 4) is 0 Å². The molecular formula is C14H19FN2O2. The fraction of sp³-hybridized carbons (Fsp3) is 0.500. The lowest BCUT2D eigenvalue weighted by atomic mass is 9.99. The summed E-state index contributed by atoms with van der Waals surface area (Å²) in [5.74, 6) is -0.475. The number of rotatable bonds is 4. The van der Waals surface area contributed by atoms with Gasteiger partial charge in [-0.05, 0) is 31.0 Å². The second-order valence-corrected chi connectivity index (χ2v) is 4.81. The zero-order chi connectivity index (χ0) is 13.8. The third-order valence-electron chi connectivity index (χ3n) is 3.53. The van der Waals surface area contributed by atoms with Crippen LogP contribution in [0.15, 0.2) is 18.2 Å². The summed E-state index contributed by atoms with van der Waals surface area (Å²) in [5.41, 5.74) is 6.15. The second kappa shape index (κ2) is 6.02. The van der Waals surface area contributed by atoms with Crippen LogP contribution in [-0.4, -0.2) is 25.2 Å². The van der Waals surface area contributed by atoms with Crippen LogP contribution in [0.3, 0.4) is 0 Å². The van der Waals surface area contributed by atoms with Gasteiger partial charge in [-0.2, -0.15) is 0 Å². The average Bonchev–Trinajstić information content (AvgIpc) is 2.86. The molecule has 2 rings (SSSR count). The molecule has 1 saturated heterocycles. The minimum absolute atomic E-state index is 0.187. The Morgan fingerprint density at radius 3 is 3.11 bits per heavy atom. The summed E-state index contributed by atoms with van der Waals surface area (Å²) < 4.78 is 18.7. The molecule has 4 nitrogen and oxygen atoms in total. The number of nitrogen functional groups attached to an aromatic ring is 1. The summed E-state index contributed by atoms with van der Waals surface area (Å²) in [6.45, 7) is 3.34. The molecule has 2 atom stereocenters. The molecule has 3 N–H and O–H groups in total. The predicted molar refractivity (Wildman–Crippen MR) is 71.3 cm³/mol. The number of benzene rings is 1. The van der Waals surface area contributed by atoms with Crippen molar-refractivity contribution in [3.63, 3.8) is 0 Å². The molecule has 0 radical (unpaired) electrons. The number of nitrogens with two attached hydrogens (primary N) is 1. The van der Waals surface area contributed by atoms with Gasteiger partial charge in [-0.15, -0.1) is 0 Å². The number of carbonyl (C=O) groups is 1. The molecule has 1 amide bonds. The number of ether oxygens (including phenoxy) is 1. The number of anilines is 1. The van der Waals surface area contributed by atoms with E-state index in [-0.39, 0.29) is 23.3 Å². The zero-order valence-electron chi connectivity index (χ0n) is 11.0. The van der Waals surface area contributed by atoms with E-state index in [9.17, 15) is 9.18 Å². The number of hydrogen-bond donors (Lipinski definition) is 2. The molecule has 0 aromatic heterocycles. The van der Waals surface area contributed by atoms with Gasteiger partial charge in [-0.3, -0.25) is 4.79 Å². The van der Waals surface area contributed by atoms with Crippen molar-refractivity contribution in [1.82, 2.24) is 5.32 Å². The number of nitrogens with one attached hydrogen (secondary N) is 1. The molecule has 0 bridgehead atoms. The highest BCUT2D eigenvalue weighted by molar-refractivity contribution is 5.99. The highest BCUT2D eigenvalue weighted by Gasteiger charge is 2.27. The number of amides is 1. The third kappa shape index (κ3) is 3.23. The first-order chi connectivity index (χ1) is 9.11. The molecule has 19 heavy (non-hydrogen) atoms. The first-order valence-corrected chi connectivity index (χ1v) is 6.56. The molecule has 2 unspecified atom stereocenters. The Morgan fingerprint density at radius 2 is 2.37 bits per heavy atom. The quantitative estimate of drug-likeness (QED) is 0.819. The van der Waals surface area contributed by atoms with Crippen LogP contribution < -0.4 is 11.1 Å². The molecule has 1 fully saturated rings. The smallest absolute Gasteiger partial charge is 0.253 e. The number of halogens is 1. The van der Waals surface area contributed by atoms with Crippen LogP contribution in [0.5, 0.6) is 0 Å². The molecule has 1 aliphatic rings. The normalized spacial score (nSPS) is 22.4. The monoisotopic (exact) mass is 266 g/mol. The lowest BCUT2D eigenvalue weighted by Gasteiger charge is -2.17. The van der Waals surface area contributed by atoms with E-state index in [2.05, 4.69) is 12.2 Å². The van der Waals surface area contributed by atoms with Crippen LogP contribution in [0, 0.1) is 11.7 Å². The Kier molecular flexibility index (Phi) is 4.37. The van der Waals surface area contributed by atoms with Gasteiger partial charge >= 0.3 is 0 Å². The van der Waals surface area contributed by atoms with Crippen molar-refractivity contribution in [3.05, 3.63) is 29.6 Å². The molecular weight excluding hydrogens is 247 g/mol. The zero-order valence-corrected chi connectivity index (χ0v) is 11.0. The molecule has 1 aromatic carbocycles. The fourth-order valence-corrected chi connectivity index (χ4v) is 2.42. The highest BCUT2D eigenvalue weighted by Crippen LogP contribution is 2.22. The summed E-state index contributed by atoms with van der Waals surface area (Å²) >= 11 is 0. The van der Waals surface area contributed by atoms with Crippen LogP contribution in [0.2, 0.25) is 0 Å². The van der Waals surface area contributed by atoms with E-state index in [1.807, 2.05) is 0 Å². The topological polar surface area (TPSA) is 64.3 Å². The van der Waals surface area contributed by atoms with E-state index in [0.29, 0.717) is 12.5 Å². The number of carbonyl (C=O) groups excluding carboxylic acids is 1. The molecule has 5 heteroatoms. The van der Waals surface area contributed by atoms with Crippen LogP contribution in [-0.2, 0) is 4.74 Å². The Balaban J connectivity index is 1.96. The summed E-state index contributed by atoms with van der Waals surface area (Å²) in [4.78, 5) is 12.0. The van der Waals surface area contributed by atoms with Crippen molar-refractivity contribution in [1.29, 1.82) is 0 Å². The van der Waals surface area contributed by atoms with Crippen LogP contribution in [0.25, 0.3) is 0 Å². The van der Waals surface area contributed by atoms with Gasteiger partial charge in [0.2, 0.25) is 0 Å². The van der Waals surface area contributed by atoms with Gasteiger partial charge in [0.25, 0.3) is 5.91 Å². The SMILES string of the molecule is CCC1OCCC1CNC(=O)c1cc(F)ccc1N. The molecule has 104 valence electrons. The van der Waals surface area contributed by atoms with Gasteiger partial charge in [0.05, 0.1) is 11.7 Å². The molecule has 1 aliphatic heterocycles. The summed E-state index contributed by atoms with van der Waals surface area (Å²) in [6, 6.07) is 3.80. The molecule has 1 aromatic rings. The second-order valence-electron chi connectivity index (χ2n) is 4.81. The predicted octanol–water partition coefficient (Wildman–Crippen LogP) is 1.95. The van der Waals surface area contributed by atoms with E-state index in [1.54, 1.807) is 0 Å². The molecule has 0 saturated carbocycles. The largest absolute Gasteiger partial charge is 0.398 e. The first kappa shape index (κ1) is 13.8. The van der Waals surface area contributed by atoms with E-state index in [1.165, 1.54) is 12.1 Å². The Labute approximate surface area is 112 Å². The Hall–Kier alpha value is -1.62. The van der Waals surface area contributed by atoms with E-state index in [4.69, 9.17) is 10.5 Å². The highest BCUT2D eigenvalue weighted by atomic mass is 19.1. The maximum atomic E-state index is 13.1. The maximum absolute atomic E-state index is 13.1. The lowest BCUT2D eigenvalue weighted by Crippen LogP contribution is -2.33. The molecule has 0 spiro atoms. The van der Waals surface area contributed by atoms with Crippen molar-refractivity contribution in [2.75, 3.05) is 18.9 Å². The summed E-state index contributed by atoms with van der Waals surface area (Å²) in [6.07, 6.45) is 2.07. The number of hydrogen-bond acceptors (Lipinski definition) is 3. The van der Waals surface area contributed by atoms with Crippen LogP contribution in [0.4, 0.5) is 10.1 Å². The standard InChI is InChI=1S/C14H19FN2O2/c1-2-13-9(5-6-19-13)8-17-14(18)11-7-10(15)3-4-12(11)16/h3-4,7,9,13H,2,5-6,8,16H2,1H3,(H,17,18). The van der Waals surface area contributed by atoms with Gasteiger partial charge in [-0.1, -0.05) is 6.92 Å². The lowest BCUT2D eigenvalue weighted by molar-refractivity contribution is 0.0827. The van der Waals surface area contributed by atoms with Crippen LogP contribution in [0.1, 0.15) is 30.1 Å². The van der Waals surface area contributed by atoms with Gasteiger partial charge in [-0.25, -0.2) is 4.39 Å². The summed E-state index contributed by atoms with van der Waals surface area (Å²) in [7, 11) is 0. The van der Waals surface area contributed by atoms with Gasteiger partial charge in [0, 0.05) is 24.8 Å². The summed E-state index contributed by atoms with van der Waals surface area (Å²) in [5, 5.41) is 2.81. The van der Waals surface area contributed by atoms with Crippen molar-refractivity contribution in [2.45, 2.75) is 25.9 Å². The molecule has 1 heterocycles. The van der Waals surface area contributed by atoms with Crippen molar-refractivity contribution in [2.24, 2.45) is 5.92 Å².